The van der Waals surface area contributed by atoms with Gasteiger partial charge >= 0.3 is 0 Å². The molecule has 0 aromatic heterocycles. The molecule has 0 saturated heterocycles. The second-order valence-electron chi connectivity index (χ2n) is 3.40. The van der Waals surface area contributed by atoms with E-state index in [1.54, 1.807) is 0 Å². The number of rotatable bonds is 1. The van der Waals surface area contributed by atoms with Crippen LogP contribution in [0.4, 0.5) is 0 Å². The van der Waals surface area contributed by atoms with Crippen LogP contribution in [0.1, 0.15) is 11.1 Å². The molecule has 1 aromatic carbocycles. The van der Waals surface area contributed by atoms with Crippen molar-refractivity contribution >= 4 is 11.4 Å². The van der Waals surface area contributed by atoms with Crippen molar-refractivity contribution in [3.63, 3.8) is 0 Å². The SMILES string of the molecule is C=C1c2ccccc2C(NC)=CN1C. The molecule has 1 aliphatic rings. The van der Waals surface area contributed by atoms with Crippen molar-refractivity contribution in [2.75, 3.05) is 14.1 Å². The molecule has 0 saturated carbocycles. The molecule has 1 heterocycles. The first-order chi connectivity index (χ1) is 6.74. The van der Waals surface area contributed by atoms with Crippen LogP contribution >= 0.6 is 0 Å². The number of nitrogens with zero attached hydrogens (tertiary/aromatic N) is 1. The quantitative estimate of drug-likeness (QED) is 0.722. The van der Waals surface area contributed by atoms with E-state index in [1.165, 1.54) is 11.1 Å². The van der Waals surface area contributed by atoms with Crippen LogP contribution in [-0.4, -0.2) is 19.0 Å². The van der Waals surface area contributed by atoms with Crippen LogP contribution in [0.15, 0.2) is 37.0 Å². The van der Waals surface area contributed by atoms with Crippen LogP contribution < -0.4 is 5.32 Å². The number of hydrogen-bond acceptors (Lipinski definition) is 2. The molecular formula is C12H14N2. The van der Waals surface area contributed by atoms with Gasteiger partial charge in [-0.25, -0.2) is 0 Å². The second-order valence-corrected chi connectivity index (χ2v) is 3.40. The van der Waals surface area contributed by atoms with Crippen molar-refractivity contribution in [2.45, 2.75) is 0 Å². The second kappa shape index (κ2) is 3.22. The molecule has 0 bridgehead atoms. The average Bonchev–Trinajstić information content (AvgIpc) is 2.23. The van der Waals surface area contributed by atoms with Gasteiger partial charge in [-0.1, -0.05) is 30.8 Å². The summed E-state index contributed by atoms with van der Waals surface area (Å²) >= 11 is 0. The third kappa shape index (κ3) is 1.20. The van der Waals surface area contributed by atoms with Gasteiger partial charge in [0.2, 0.25) is 0 Å². The summed E-state index contributed by atoms with van der Waals surface area (Å²) in [5.41, 5.74) is 4.59. The van der Waals surface area contributed by atoms with Crippen molar-refractivity contribution in [2.24, 2.45) is 0 Å². The first-order valence-corrected chi connectivity index (χ1v) is 4.65. The summed E-state index contributed by atoms with van der Waals surface area (Å²) in [5.74, 6) is 0. The van der Waals surface area contributed by atoms with E-state index < -0.39 is 0 Å². The first-order valence-electron chi connectivity index (χ1n) is 4.65. The van der Waals surface area contributed by atoms with E-state index in [9.17, 15) is 0 Å². The Morgan fingerprint density at radius 3 is 2.50 bits per heavy atom. The minimum Gasteiger partial charge on any atom is -0.386 e. The lowest BCUT2D eigenvalue weighted by atomic mass is 9.99. The van der Waals surface area contributed by atoms with E-state index in [0.29, 0.717) is 0 Å². The van der Waals surface area contributed by atoms with Gasteiger partial charge < -0.3 is 10.2 Å². The third-order valence-corrected chi connectivity index (χ3v) is 2.55. The Kier molecular flexibility index (Phi) is 2.04. The smallest absolute Gasteiger partial charge is 0.0583 e. The Morgan fingerprint density at radius 2 is 1.86 bits per heavy atom. The van der Waals surface area contributed by atoms with Crippen LogP contribution in [0.5, 0.6) is 0 Å². The van der Waals surface area contributed by atoms with E-state index in [0.717, 1.165) is 11.4 Å². The van der Waals surface area contributed by atoms with Crippen molar-refractivity contribution < 1.29 is 0 Å². The predicted molar refractivity (Wildman–Crippen MR) is 60.3 cm³/mol. The monoisotopic (exact) mass is 186 g/mol. The molecule has 1 aliphatic heterocycles. The fourth-order valence-corrected chi connectivity index (χ4v) is 1.70. The van der Waals surface area contributed by atoms with Gasteiger partial charge in [0.15, 0.2) is 0 Å². The highest BCUT2D eigenvalue weighted by molar-refractivity contribution is 5.81. The minimum absolute atomic E-state index is 1.04. The Labute approximate surface area is 84.5 Å². The zero-order chi connectivity index (χ0) is 10.1. The summed E-state index contributed by atoms with van der Waals surface area (Å²) < 4.78 is 0. The van der Waals surface area contributed by atoms with Gasteiger partial charge in [0.1, 0.15) is 0 Å². The summed E-state index contributed by atoms with van der Waals surface area (Å²) in [5, 5.41) is 3.19. The Morgan fingerprint density at radius 1 is 1.21 bits per heavy atom. The molecule has 0 amide bonds. The maximum atomic E-state index is 4.06. The van der Waals surface area contributed by atoms with Crippen molar-refractivity contribution in [3.8, 4) is 0 Å². The highest BCUT2D eigenvalue weighted by Gasteiger charge is 2.16. The van der Waals surface area contributed by atoms with E-state index >= 15 is 0 Å². The van der Waals surface area contributed by atoms with Gasteiger partial charge in [0.05, 0.1) is 5.70 Å². The fourth-order valence-electron chi connectivity index (χ4n) is 1.70. The molecule has 0 atom stereocenters. The Hall–Kier alpha value is -1.70. The fraction of sp³-hybridized carbons (Fsp3) is 0.167. The zero-order valence-corrected chi connectivity index (χ0v) is 8.54. The highest BCUT2D eigenvalue weighted by Crippen LogP contribution is 2.30. The molecule has 0 radical (unpaired) electrons. The summed E-state index contributed by atoms with van der Waals surface area (Å²) in [7, 11) is 3.94. The van der Waals surface area contributed by atoms with Crippen molar-refractivity contribution in [1.82, 2.24) is 10.2 Å². The first kappa shape index (κ1) is 8.88. The van der Waals surface area contributed by atoms with E-state index in [-0.39, 0.29) is 0 Å². The van der Waals surface area contributed by atoms with E-state index in [2.05, 4.69) is 30.2 Å². The standard InChI is InChI=1S/C12H14N2/c1-9-10-6-4-5-7-11(10)12(13-2)8-14(9)3/h4-8,13H,1H2,2-3H3. The lowest BCUT2D eigenvalue weighted by molar-refractivity contribution is 0.648. The predicted octanol–water partition coefficient (Wildman–Crippen LogP) is 2.12. The van der Waals surface area contributed by atoms with E-state index in [4.69, 9.17) is 0 Å². The van der Waals surface area contributed by atoms with Crippen molar-refractivity contribution in [3.05, 3.63) is 48.2 Å². The molecule has 0 fully saturated rings. The molecule has 1 aromatic rings. The highest BCUT2D eigenvalue weighted by atomic mass is 15.1. The molecule has 72 valence electrons. The number of fused-ring (bicyclic) bond motifs is 1. The molecular weight excluding hydrogens is 172 g/mol. The minimum atomic E-state index is 1.04. The van der Waals surface area contributed by atoms with Gasteiger partial charge in [-0.3, -0.25) is 0 Å². The van der Waals surface area contributed by atoms with Crippen LogP contribution in [0.2, 0.25) is 0 Å². The average molecular weight is 186 g/mol. The molecule has 0 aliphatic carbocycles. The van der Waals surface area contributed by atoms with Gasteiger partial charge in [0.25, 0.3) is 0 Å². The summed E-state index contributed by atoms with van der Waals surface area (Å²) in [6.45, 7) is 4.06. The normalized spacial score (nSPS) is 14.9. The largest absolute Gasteiger partial charge is 0.386 e. The van der Waals surface area contributed by atoms with Gasteiger partial charge in [-0.05, 0) is 0 Å². The third-order valence-electron chi connectivity index (χ3n) is 2.55. The molecule has 2 heteroatoms. The maximum absolute atomic E-state index is 4.06. The molecule has 0 unspecified atom stereocenters. The van der Waals surface area contributed by atoms with Crippen molar-refractivity contribution in [1.29, 1.82) is 0 Å². The summed E-state index contributed by atoms with van der Waals surface area (Å²) in [4.78, 5) is 2.04. The van der Waals surface area contributed by atoms with Crippen LogP contribution in [0.25, 0.3) is 11.4 Å². The molecule has 2 nitrogen and oxygen atoms in total. The number of nitrogens with one attached hydrogen (secondary N) is 1. The molecule has 2 rings (SSSR count). The van der Waals surface area contributed by atoms with Gasteiger partial charge in [-0.2, -0.15) is 0 Å². The van der Waals surface area contributed by atoms with Gasteiger partial charge in [0, 0.05) is 37.1 Å². The van der Waals surface area contributed by atoms with Crippen LogP contribution in [0, 0.1) is 0 Å². The molecule has 0 spiro atoms. The molecule has 1 N–H and O–H groups in total. The Bertz CT molecular complexity index is 405. The van der Waals surface area contributed by atoms with Crippen LogP contribution in [-0.2, 0) is 0 Å². The van der Waals surface area contributed by atoms with E-state index in [1.807, 2.05) is 31.1 Å². The molecule has 14 heavy (non-hydrogen) atoms. The topological polar surface area (TPSA) is 15.3 Å². The maximum Gasteiger partial charge on any atom is 0.0583 e. The lowest BCUT2D eigenvalue weighted by Gasteiger charge is -2.27. The number of hydrogen-bond donors (Lipinski definition) is 1. The van der Waals surface area contributed by atoms with Crippen LogP contribution in [0.3, 0.4) is 0 Å². The lowest BCUT2D eigenvalue weighted by Crippen LogP contribution is -2.20. The summed E-state index contributed by atoms with van der Waals surface area (Å²) in [6.07, 6.45) is 2.06. The Balaban J connectivity index is 2.60. The zero-order valence-electron chi connectivity index (χ0n) is 8.54. The number of benzene rings is 1. The summed E-state index contributed by atoms with van der Waals surface area (Å²) in [6, 6.07) is 8.29. The van der Waals surface area contributed by atoms with Gasteiger partial charge in [-0.15, -0.1) is 0 Å².